The number of halogens is 1. The van der Waals surface area contributed by atoms with Gasteiger partial charge in [0.2, 0.25) is 5.78 Å². The maximum atomic E-state index is 12.1. The lowest BCUT2D eigenvalue weighted by Crippen LogP contribution is -1.98. The molecule has 0 saturated carbocycles. The number of aromatic nitrogens is 2. The summed E-state index contributed by atoms with van der Waals surface area (Å²) in [6.45, 7) is 4.62. The van der Waals surface area contributed by atoms with Crippen LogP contribution in [-0.2, 0) is 6.54 Å². The van der Waals surface area contributed by atoms with Crippen molar-refractivity contribution >= 4 is 28.7 Å². The van der Waals surface area contributed by atoms with Crippen LogP contribution in [0.25, 0.3) is 0 Å². The third-order valence-corrected chi connectivity index (χ3v) is 4.02. The Kier molecular flexibility index (Phi) is 3.12. The first-order valence-corrected chi connectivity index (χ1v) is 6.20. The van der Waals surface area contributed by atoms with Crippen LogP contribution < -0.4 is 0 Å². The molecule has 0 saturated heterocycles. The molecule has 0 aromatic carbocycles. The molecular weight excluding hydrogens is 244 g/mol. The molecule has 2 aromatic rings. The Morgan fingerprint density at radius 1 is 1.62 bits per heavy atom. The van der Waals surface area contributed by atoms with Crippen molar-refractivity contribution in [1.82, 2.24) is 9.78 Å². The molecule has 2 rings (SSSR count). The number of hydrogen-bond donors (Lipinski definition) is 0. The van der Waals surface area contributed by atoms with Crippen molar-refractivity contribution in [2.45, 2.75) is 20.4 Å². The van der Waals surface area contributed by atoms with E-state index in [1.165, 1.54) is 11.3 Å². The number of carbonyl (C=O) groups is 1. The second-order valence-electron chi connectivity index (χ2n) is 3.48. The second kappa shape index (κ2) is 4.39. The Morgan fingerprint density at radius 3 is 2.88 bits per heavy atom. The van der Waals surface area contributed by atoms with Gasteiger partial charge >= 0.3 is 0 Å². The molecule has 2 heterocycles. The van der Waals surface area contributed by atoms with Crippen molar-refractivity contribution in [1.29, 1.82) is 0 Å². The quantitative estimate of drug-likeness (QED) is 0.789. The summed E-state index contributed by atoms with van der Waals surface area (Å²) in [6, 6.07) is 0. The fourth-order valence-corrected chi connectivity index (χ4v) is 2.61. The highest BCUT2D eigenvalue weighted by Crippen LogP contribution is 2.29. The topological polar surface area (TPSA) is 34.9 Å². The zero-order valence-corrected chi connectivity index (χ0v) is 10.6. The van der Waals surface area contributed by atoms with Gasteiger partial charge in [0.1, 0.15) is 0 Å². The molecule has 16 heavy (non-hydrogen) atoms. The van der Waals surface area contributed by atoms with Crippen LogP contribution in [0, 0.1) is 6.92 Å². The normalized spacial score (nSPS) is 10.7. The SMILES string of the molecule is CCn1cc(C(=O)c2scc(C)c2Cl)cn1. The minimum Gasteiger partial charge on any atom is -0.288 e. The number of carbonyl (C=O) groups excluding carboxylic acids is 1. The summed E-state index contributed by atoms with van der Waals surface area (Å²) in [5, 5.41) is 6.52. The van der Waals surface area contributed by atoms with Crippen LogP contribution in [0.3, 0.4) is 0 Å². The summed E-state index contributed by atoms with van der Waals surface area (Å²) >= 11 is 7.43. The van der Waals surface area contributed by atoms with Crippen LogP contribution in [0.4, 0.5) is 0 Å². The summed E-state index contributed by atoms with van der Waals surface area (Å²) in [5.74, 6) is -0.0530. The molecule has 0 bridgehead atoms. The lowest BCUT2D eigenvalue weighted by Gasteiger charge is -1.95. The van der Waals surface area contributed by atoms with E-state index in [2.05, 4.69) is 5.10 Å². The molecule has 0 aliphatic carbocycles. The van der Waals surface area contributed by atoms with Gasteiger partial charge in [0, 0.05) is 12.7 Å². The molecule has 0 radical (unpaired) electrons. The lowest BCUT2D eigenvalue weighted by atomic mass is 10.2. The first kappa shape index (κ1) is 11.4. The van der Waals surface area contributed by atoms with Crippen LogP contribution in [0.5, 0.6) is 0 Å². The number of hydrogen-bond acceptors (Lipinski definition) is 3. The molecule has 0 aliphatic heterocycles. The third-order valence-electron chi connectivity index (χ3n) is 2.32. The highest BCUT2D eigenvalue weighted by Gasteiger charge is 2.17. The molecular formula is C11H11ClN2OS. The molecule has 0 N–H and O–H groups in total. The highest BCUT2D eigenvalue weighted by atomic mass is 35.5. The van der Waals surface area contributed by atoms with Gasteiger partial charge in [-0.25, -0.2) is 0 Å². The number of aryl methyl sites for hydroxylation is 2. The summed E-state index contributed by atoms with van der Waals surface area (Å²) in [4.78, 5) is 12.7. The smallest absolute Gasteiger partial charge is 0.207 e. The van der Waals surface area contributed by atoms with E-state index in [9.17, 15) is 4.79 Å². The Hall–Kier alpha value is -1.13. The van der Waals surface area contributed by atoms with E-state index in [-0.39, 0.29) is 5.78 Å². The minimum atomic E-state index is -0.0530. The van der Waals surface area contributed by atoms with Gasteiger partial charge < -0.3 is 0 Å². The number of rotatable bonds is 3. The predicted octanol–water partition coefficient (Wildman–Crippen LogP) is 3.16. The molecule has 0 fully saturated rings. The van der Waals surface area contributed by atoms with Crippen molar-refractivity contribution in [2.75, 3.05) is 0 Å². The van der Waals surface area contributed by atoms with Crippen molar-refractivity contribution in [3.8, 4) is 0 Å². The van der Waals surface area contributed by atoms with Gasteiger partial charge in [-0.3, -0.25) is 9.48 Å². The maximum Gasteiger partial charge on any atom is 0.207 e. The summed E-state index contributed by atoms with van der Waals surface area (Å²) < 4.78 is 1.72. The molecule has 0 unspecified atom stereocenters. The van der Waals surface area contributed by atoms with Gasteiger partial charge in [-0.05, 0) is 24.8 Å². The number of thiophene rings is 1. The monoisotopic (exact) mass is 254 g/mol. The van der Waals surface area contributed by atoms with Crippen molar-refractivity contribution in [3.05, 3.63) is 38.8 Å². The van der Waals surface area contributed by atoms with Gasteiger partial charge in [-0.2, -0.15) is 5.10 Å². The van der Waals surface area contributed by atoms with Gasteiger partial charge in [0.05, 0.1) is 21.7 Å². The summed E-state index contributed by atoms with van der Waals surface area (Å²) in [5.41, 5.74) is 1.53. The van der Waals surface area contributed by atoms with Crippen molar-refractivity contribution in [2.24, 2.45) is 0 Å². The molecule has 3 nitrogen and oxygen atoms in total. The van der Waals surface area contributed by atoms with E-state index in [1.807, 2.05) is 19.2 Å². The first-order valence-electron chi connectivity index (χ1n) is 4.94. The molecule has 5 heteroatoms. The van der Waals surface area contributed by atoms with Crippen LogP contribution in [-0.4, -0.2) is 15.6 Å². The first-order chi connectivity index (χ1) is 7.63. The zero-order chi connectivity index (χ0) is 11.7. The lowest BCUT2D eigenvalue weighted by molar-refractivity contribution is 0.104. The molecule has 0 spiro atoms. The van der Waals surface area contributed by atoms with E-state index >= 15 is 0 Å². The van der Waals surface area contributed by atoms with Crippen molar-refractivity contribution in [3.63, 3.8) is 0 Å². The molecule has 84 valence electrons. The Bertz CT molecular complexity index is 530. The Labute approximate surface area is 103 Å². The van der Waals surface area contributed by atoms with Gasteiger partial charge in [0.25, 0.3) is 0 Å². The third kappa shape index (κ3) is 1.90. The van der Waals surface area contributed by atoms with E-state index in [0.29, 0.717) is 15.5 Å². The van der Waals surface area contributed by atoms with Crippen molar-refractivity contribution < 1.29 is 4.79 Å². The standard InChI is InChI=1S/C11H11ClN2OS/c1-3-14-5-8(4-13-14)10(15)11-9(12)7(2)6-16-11/h4-6H,3H2,1-2H3. The average molecular weight is 255 g/mol. The average Bonchev–Trinajstić information content (AvgIpc) is 2.87. The summed E-state index contributed by atoms with van der Waals surface area (Å²) in [7, 11) is 0. The molecule has 2 aromatic heterocycles. The largest absolute Gasteiger partial charge is 0.288 e. The predicted molar refractivity (Wildman–Crippen MR) is 65.4 cm³/mol. The Morgan fingerprint density at radius 2 is 2.38 bits per heavy atom. The van der Waals surface area contributed by atoms with E-state index in [1.54, 1.807) is 17.1 Å². The fraction of sp³-hybridized carbons (Fsp3) is 0.273. The van der Waals surface area contributed by atoms with Gasteiger partial charge in [0.15, 0.2) is 0 Å². The number of ketones is 1. The van der Waals surface area contributed by atoms with Crippen LogP contribution in [0.15, 0.2) is 17.8 Å². The van der Waals surface area contributed by atoms with Crippen LogP contribution in [0.1, 0.15) is 27.7 Å². The van der Waals surface area contributed by atoms with E-state index in [4.69, 9.17) is 11.6 Å². The second-order valence-corrected chi connectivity index (χ2v) is 4.73. The van der Waals surface area contributed by atoms with Crippen LogP contribution >= 0.6 is 22.9 Å². The fourth-order valence-electron chi connectivity index (χ4n) is 1.37. The highest BCUT2D eigenvalue weighted by molar-refractivity contribution is 7.13. The molecule has 0 aliphatic rings. The van der Waals surface area contributed by atoms with E-state index in [0.717, 1.165) is 12.1 Å². The summed E-state index contributed by atoms with van der Waals surface area (Å²) in [6.07, 6.45) is 3.32. The maximum absolute atomic E-state index is 12.1. The zero-order valence-electron chi connectivity index (χ0n) is 9.03. The number of nitrogens with zero attached hydrogens (tertiary/aromatic N) is 2. The minimum absolute atomic E-state index is 0.0530. The molecule has 0 amide bonds. The molecule has 0 atom stereocenters. The van der Waals surface area contributed by atoms with Gasteiger partial charge in [-0.1, -0.05) is 11.6 Å². The van der Waals surface area contributed by atoms with Gasteiger partial charge in [-0.15, -0.1) is 11.3 Å². The van der Waals surface area contributed by atoms with E-state index < -0.39 is 0 Å². The van der Waals surface area contributed by atoms with Crippen LogP contribution in [0.2, 0.25) is 5.02 Å². The Balaban J connectivity index is 2.35.